The molecule has 0 spiro atoms. The molecule has 1 aromatic rings. The molecule has 7 nitrogen and oxygen atoms in total. The lowest BCUT2D eigenvalue weighted by molar-refractivity contribution is -0.145. The van der Waals surface area contributed by atoms with Crippen LogP contribution in [0.1, 0.15) is 92.7 Å². The van der Waals surface area contributed by atoms with Crippen molar-refractivity contribution in [1.82, 2.24) is 15.5 Å². The molecule has 0 saturated heterocycles. The van der Waals surface area contributed by atoms with Crippen molar-refractivity contribution < 1.29 is 19.1 Å². The molecule has 192 valence electrons. The Balaban J connectivity index is 3.33. The minimum Gasteiger partial charge on any atom is -0.444 e. The highest BCUT2D eigenvalue weighted by Crippen LogP contribution is 2.26. The lowest BCUT2D eigenvalue weighted by Gasteiger charge is -2.38. The van der Waals surface area contributed by atoms with Gasteiger partial charge in [-0.3, -0.25) is 9.59 Å². The van der Waals surface area contributed by atoms with E-state index in [1.54, 1.807) is 25.7 Å². The van der Waals surface area contributed by atoms with Gasteiger partial charge in [-0.05, 0) is 52.5 Å². The van der Waals surface area contributed by atoms with Crippen LogP contribution in [0.15, 0.2) is 30.3 Å². The minimum absolute atomic E-state index is 0.148. The summed E-state index contributed by atoms with van der Waals surface area (Å²) < 4.78 is 5.42. The van der Waals surface area contributed by atoms with Crippen LogP contribution in [0.5, 0.6) is 0 Å². The molecule has 0 aromatic heterocycles. The summed E-state index contributed by atoms with van der Waals surface area (Å²) in [6.07, 6.45) is 3.00. The first-order chi connectivity index (χ1) is 15.9. The molecule has 0 fully saturated rings. The van der Waals surface area contributed by atoms with Crippen molar-refractivity contribution in [3.05, 3.63) is 35.9 Å². The zero-order valence-electron chi connectivity index (χ0n) is 22.3. The van der Waals surface area contributed by atoms with Crippen LogP contribution in [0.2, 0.25) is 0 Å². The molecular weight excluding hydrogens is 430 g/mol. The molecule has 0 heterocycles. The summed E-state index contributed by atoms with van der Waals surface area (Å²) >= 11 is 0. The Morgan fingerprint density at radius 3 is 2.12 bits per heavy atom. The number of amides is 3. The Morgan fingerprint density at radius 2 is 1.62 bits per heavy atom. The number of carbonyl (C=O) groups excluding carboxylic acids is 3. The van der Waals surface area contributed by atoms with Crippen molar-refractivity contribution >= 4 is 17.9 Å². The highest BCUT2D eigenvalue weighted by atomic mass is 16.6. The number of ether oxygens (including phenoxy) is 1. The number of rotatable bonds is 12. The second-order valence-corrected chi connectivity index (χ2v) is 10.2. The van der Waals surface area contributed by atoms with E-state index in [0.717, 1.165) is 24.8 Å². The van der Waals surface area contributed by atoms with Gasteiger partial charge in [-0.25, -0.2) is 4.79 Å². The minimum atomic E-state index is -0.818. The third-order valence-electron chi connectivity index (χ3n) is 5.68. The summed E-state index contributed by atoms with van der Waals surface area (Å²) in [4.78, 5) is 41.5. The molecule has 1 rings (SSSR count). The van der Waals surface area contributed by atoms with Gasteiger partial charge in [0.15, 0.2) is 0 Å². The Morgan fingerprint density at radius 1 is 1.00 bits per heavy atom. The van der Waals surface area contributed by atoms with Gasteiger partial charge in [-0.2, -0.15) is 0 Å². The average Bonchev–Trinajstić information content (AvgIpc) is 2.76. The predicted octanol–water partition coefficient (Wildman–Crippen LogP) is 5.21. The van der Waals surface area contributed by atoms with Gasteiger partial charge in [-0.1, -0.05) is 70.4 Å². The van der Waals surface area contributed by atoms with Gasteiger partial charge < -0.3 is 20.3 Å². The van der Waals surface area contributed by atoms with E-state index in [0.29, 0.717) is 13.0 Å². The molecule has 1 aromatic carbocycles. The highest BCUT2D eigenvalue weighted by Gasteiger charge is 2.39. The first-order valence-electron chi connectivity index (χ1n) is 12.6. The van der Waals surface area contributed by atoms with Crippen LogP contribution < -0.4 is 10.6 Å². The van der Waals surface area contributed by atoms with Crippen molar-refractivity contribution in [3.63, 3.8) is 0 Å². The van der Waals surface area contributed by atoms with Crippen molar-refractivity contribution in [2.45, 2.75) is 105 Å². The molecule has 3 unspecified atom stereocenters. The second-order valence-electron chi connectivity index (χ2n) is 10.2. The van der Waals surface area contributed by atoms with Crippen molar-refractivity contribution in [2.75, 3.05) is 6.54 Å². The topological polar surface area (TPSA) is 87.7 Å². The summed E-state index contributed by atoms with van der Waals surface area (Å²) in [5, 5.41) is 5.80. The predicted molar refractivity (Wildman–Crippen MR) is 136 cm³/mol. The standard InChI is InChI=1S/C27H45N3O4/c1-9-11-15-18-28-24(31)23(21-16-13-12-14-17-21)30(19(3)4)25(32)22(20(5)10-2)29-26(33)34-27(6,7)8/h12-14,16-17,19-20,22-23H,9-11,15,18H2,1-8H3,(H,28,31)(H,29,33). The zero-order valence-corrected chi connectivity index (χ0v) is 22.3. The van der Waals surface area contributed by atoms with Gasteiger partial charge >= 0.3 is 6.09 Å². The lowest BCUT2D eigenvalue weighted by atomic mass is 9.95. The van der Waals surface area contributed by atoms with Crippen LogP contribution in [0, 0.1) is 5.92 Å². The van der Waals surface area contributed by atoms with Gasteiger partial charge in [0.2, 0.25) is 11.8 Å². The first-order valence-corrected chi connectivity index (χ1v) is 12.6. The number of hydrogen-bond acceptors (Lipinski definition) is 4. The fourth-order valence-electron chi connectivity index (χ4n) is 3.71. The quantitative estimate of drug-likeness (QED) is 0.406. The largest absolute Gasteiger partial charge is 0.444 e. The summed E-state index contributed by atoms with van der Waals surface area (Å²) in [7, 11) is 0. The number of carbonyl (C=O) groups is 3. The van der Waals surface area contributed by atoms with Crippen molar-refractivity contribution in [1.29, 1.82) is 0 Å². The van der Waals surface area contributed by atoms with Gasteiger partial charge in [-0.15, -0.1) is 0 Å². The molecule has 0 bridgehead atoms. The molecule has 0 aliphatic heterocycles. The smallest absolute Gasteiger partial charge is 0.408 e. The fourth-order valence-corrected chi connectivity index (χ4v) is 3.71. The molecule has 0 radical (unpaired) electrons. The number of hydrogen-bond donors (Lipinski definition) is 2. The molecule has 3 atom stereocenters. The van der Waals surface area contributed by atoms with Crippen LogP contribution in [-0.2, 0) is 14.3 Å². The van der Waals surface area contributed by atoms with Crippen LogP contribution in [0.4, 0.5) is 4.79 Å². The van der Waals surface area contributed by atoms with E-state index >= 15 is 0 Å². The molecule has 7 heteroatoms. The lowest BCUT2D eigenvalue weighted by Crippen LogP contribution is -2.57. The number of benzene rings is 1. The maximum absolute atomic E-state index is 14.0. The van der Waals surface area contributed by atoms with Crippen LogP contribution >= 0.6 is 0 Å². The number of nitrogens with one attached hydrogen (secondary N) is 2. The van der Waals surface area contributed by atoms with E-state index in [-0.39, 0.29) is 23.8 Å². The highest BCUT2D eigenvalue weighted by molar-refractivity contribution is 5.92. The SMILES string of the molecule is CCCCCNC(=O)C(c1ccccc1)N(C(=O)C(NC(=O)OC(C)(C)C)C(C)CC)C(C)C. The maximum Gasteiger partial charge on any atom is 0.408 e. The number of nitrogens with zero attached hydrogens (tertiary/aromatic N) is 1. The summed E-state index contributed by atoms with van der Waals surface area (Å²) in [6, 6.07) is 7.43. The van der Waals surface area contributed by atoms with Gasteiger partial charge in [0.1, 0.15) is 17.7 Å². The van der Waals surface area contributed by atoms with Gasteiger partial charge in [0, 0.05) is 12.6 Å². The second kappa shape index (κ2) is 14.0. The Hall–Kier alpha value is -2.57. The molecule has 0 aliphatic carbocycles. The molecule has 0 aliphatic rings. The molecule has 3 amide bonds. The van der Waals surface area contributed by atoms with E-state index in [2.05, 4.69) is 17.6 Å². The normalized spacial score (nSPS) is 14.1. The monoisotopic (exact) mass is 475 g/mol. The van der Waals surface area contributed by atoms with E-state index in [4.69, 9.17) is 4.74 Å². The van der Waals surface area contributed by atoms with Crippen LogP contribution in [0.25, 0.3) is 0 Å². The fraction of sp³-hybridized carbons (Fsp3) is 0.667. The average molecular weight is 476 g/mol. The van der Waals surface area contributed by atoms with Crippen LogP contribution in [0.3, 0.4) is 0 Å². The summed E-state index contributed by atoms with van der Waals surface area (Å²) in [6.45, 7) is 15.7. The molecule has 2 N–H and O–H groups in total. The Kier molecular flexibility index (Phi) is 12.1. The number of alkyl carbamates (subject to hydrolysis) is 1. The maximum atomic E-state index is 14.0. The molecule has 34 heavy (non-hydrogen) atoms. The third-order valence-corrected chi connectivity index (χ3v) is 5.68. The van der Waals surface area contributed by atoms with E-state index < -0.39 is 23.8 Å². The van der Waals surface area contributed by atoms with Crippen molar-refractivity contribution in [3.8, 4) is 0 Å². The number of unbranched alkanes of at least 4 members (excludes halogenated alkanes) is 2. The third kappa shape index (κ3) is 9.35. The van der Waals surface area contributed by atoms with Crippen LogP contribution in [-0.4, -0.2) is 47.0 Å². The molecular formula is C27H45N3O4. The van der Waals surface area contributed by atoms with E-state index in [1.165, 1.54) is 0 Å². The molecule has 0 saturated carbocycles. The summed E-state index contributed by atoms with van der Waals surface area (Å²) in [5.74, 6) is -0.664. The Labute approximate surface area is 206 Å². The van der Waals surface area contributed by atoms with E-state index in [9.17, 15) is 14.4 Å². The summed E-state index contributed by atoms with van der Waals surface area (Å²) in [5.41, 5.74) is 0.0493. The van der Waals surface area contributed by atoms with Gasteiger partial charge in [0.05, 0.1) is 0 Å². The zero-order chi connectivity index (χ0) is 25.9. The van der Waals surface area contributed by atoms with Gasteiger partial charge in [0.25, 0.3) is 0 Å². The first kappa shape index (κ1) is 29.5. The van der Waals surface area contributed by atoms with E-state index in [1.807, 2.05) is 58.0 Å². The van der Waals surface area contributed by atoms with Crippen molar-refractivity contribution in [2.24, 2.45) is 5.92 Å². The Bertz CT molecular complexity index is 774.